The van der Waals surface area contributed by atoms with Gasteiger partial charge in [0, 0.05) is 50.2 Å². The van der Waals surface area contributed by atoms with E-state index in [-0.39, 0.29) is 11.7 Å². The molecule has 0 N–H and O–H groups in total. The van der Waals surface area contributed by atoms with E-state index in [1.54, 1.807) is 0 Å². The average Bonchev–Trinajstić information content (AvgIpc) is 3.29. The minimum atomic E-state index is -2.97. The summed E-state index contributed by atoms with van der Waals surface area (Å²) >= 11 is 0. The van der Waals surface area contributed by atoms with Crippen molar-refractivity contribution in [1.82, 2.24) is 19.6 Å². The van der Waals surface area contributed by atoms with Crippen molar-refractivity contribution in [2.24, 2.45) is 0 Å². The van der Waals surface area contributed by atoms with Gasteiger partial charge in [-0.15, -0.1) is 0 Å². The highest BCUT2D eigenvalue weighted by Crippen LogP contribution is 2.29. The lowest BCUT2D eigenvalue weighted by molar-refractivity contribution is 0.0636. The Balaban J connectivity index is 1.51. The first kappa shape index (κ1) is 20.1. The molecule has 0 saturated carbocycles. The van der Waals surface area contributed by atoms with Crippen LogP contribution in [-0.4, -0.2) is 78.6 Å². The molecule has 1 aliphatic carbocycles. The molecule has 1 fully saturated rings. The van der Waals surface area contributed by atoms with Crippen LogP contribution in [0.5, 0.6) is 0 Å². The Labute approximate surface area is 172 Å². The molecule has 2 aliphatic rings. The van der Waals surface area contributed by atoms with E-state index < -0.39 is 9.84 Å². The number of hydrogen-bond acceptors (Lipinski definition) is 5. The van der Waals surface area contributed by atoms with E-state index in [1.165, 1.54) is 6.26 Å². The van der Waals surface area contributed by atoms with E-state index in [1.807, 2.05) is 21.7 Å². The quantitative estimate of drug-likeness (QED) is 0.738. The van der Waals surface area contributed by atoms with Crippen molar-refractivity contribution < 1.29 is 13.2 Å². The first-order chi connectivity index (χ1) is 13.8. The van der Waals surface area contributed by atoms with Gasteiger partial charge in [-0.05, 0) is 37.8 Å². The van der Waals surface area contributed by atoms with Crippen molar-refractivity contribution in [3.8, 4) is 5.69 Å². The van der Waals surface area contributed by atoms with Gasteiger partial charge in [-0.3, -0.25) is 9.69 Å². The number of carbonyl (C=O) groups excluding carboxylic acids is 1. The molecule has 0 atom stereocenters. The normalized spacial score (nSPS) is 17.5. The molecule has 8 heteroatoms. The van der Waals surface area contributed by atoms with Crippen molar-refractivity contribution in [3.63, 3.8) is 0 Å². The molecular weight excluding hydrogens is 388 g/mol. The van der Waals surface area contributed by atoms with E-state index >= 15 is 0 Å². The average molecular weight is 417 g/mol. The van der Waals surface area contributed by atoms with Crippen molar-refractivity contribution in [3.05, 3.63) is 46.8 Å². The summed E-state index contributed by atoms with van der Waals surface area (Å²) in [5.41, 5.74) is 5.02. The standard InChI is InChI=1S/C21H28N4O3S/c1-16-6-3-4-8-18(16)25-19-9-5-7-17(19)20(22-25)21(26)24-12-10-23(11-13-24)14-15-29(2,27)28/h3-4,6,8H,5,7,9-15H2,1-2H3. The zero-order valence-electron chi connectivity index (χ0n) is 17.1. The second-order valence-corrected chi connectivity index (χ2v) is 10.3. The molecule has 1 saturated heterocycles. The predicted octanol–water partition coefficient (Wildman–Crippen LogP) is 1.47. The molecule has 1 aromatic carbocycles. The van der Waals surface area contributed by atoms with Crippen LogP contribution in [0, 0.1) is 6.92 Å². The Bertz CT molecular complexity index is 1020. The lowest BCUT2D eigenvalue weighted by atomic mass is 10.1. The number of aromatic nitrogens is 2. The summed E-state index contributed by atoms with van der Waals surface area (Å²) in [5.74, 6) is 0.160. The summed E-state index contributed by atoms with van der Waals surface area (Å²) in [4.78, 5) is 17.2. The first-order valence-electron chi connectivity index (χ1n) is 10.2. The molecule has 0 spiro atoms. The largest absolute Gasteiger partial charge is 0.335 e. The van der Waals surface area contributed by atoms with Crippen molar-refractivity contribution >= 4 is 15.7 Å². The number of para-hydroxylation sites is 1. The van der Waals surface area contributed by atoms with Crippen molar-refractivity contribution in [1.29, 1.82) is 0 Å². The van der Waals surface area contributed by atoms with Gasteiger partial charge in [-0.1, -0.05) is 18.2 Å². The topological polar surface area (TPSA) is 75.5 Å². The summed E-state index contributed by atoms with van der Waals surface area (Å²) in [6, 6.07) is 8.13. The highest BCUT2D eigenvalue weighted by Gasteiger charge is 2.31. The second kappa shape index (κ2) is 7.91. The number of aryl methyl sites for hydroxylation is 1. The SMILES string of the molecule is Cc1ccccc1-n1nc(C(=O)N2CCN(CCS(C)(=O)=O)CC2)c2c1CCC2. The number of benzene rings is 1. The monoisotopic (exact) mass is 416 g/mol. The third-order valence-corrected chi connectivity index (χ3v) is 6.84. The van der Waals surface area contributed by atoms with Gasteiger partial charge >= 0.3 is 0 Å². The Kier molecular flexibility index (Phi) is 5.48. The minimum Gasteiger partial charge on any atom is -0.335 e. The van der Waals surface area contributed by atoms with Crippen LogP contribution >= 0.6 is 0 Å². The van der Waals surface area contributed by atoms with Crippen LogP contribution in [-0.2, 0) is 22.7 Å². The molecule has 0 unspecified atom stereocenters. The van der Waals surface area contributed by atoms with Crippen molar-refractivity contribution in [2.75, 3.05) is 44.7 Å². The molecule has 156 valence electrons. The van der Waals surface area contributed by atoms with Gasteiger partial charge in [0.2, 0.25) is 0 Å². The van der Waals surface area contributed by atoms with Gasteiger partial charge < -0.3 is 4.90 Å². The maximum absolute atomic E-state index is 13.2. The zero-order chi connectivity index (χ0) is 20.6. The fourth-order valence-electron chi connectivity index (χ4n) is 4.23. The van der Waals surface area contributed by atoms with Crippen LogP contribution in [0.4, 0.5) is 0 Å². The molecule has 1 aliphatic heterocycles. The van der Waals surface area contributed by atoms with Crippen LogP contribution in [0.2, 0.25) is 0 Å². The summed E-state index contributed by atoms with van der Waals surface area (Å²) in [5, 5.41) is 4.76. The van der Waals surface area contributed by atoms with Gasteiger partial charge in [-0.2, -0.15) is 5.10 Å². The Morgan fingerprint density at radius 2 is 1.83 bits per heavy atom. The van der Waals surface area contributed by atoms with E-state index in [4.69, 9.17) is 5.10 Å². The van der Waals surface area contributed by atoms with E-state index in [0.29, 0.717) is 38.4 Å². The van der Waals surface area contributed by atoms with E-state index in [2.05, 4.69) is 24.0 Å². The number of carbonyl (C=O) groups is 1. The maximum Gasteiger partial charge on any atom is 0.274 e. The first-order valence-corrected chi connectivity index (χ1v) is 12.3. The molecule has 7 nitrogen and oxygen atoms in total. The number of rotatable bonds is 5. The highest BCUT2D eigenvalue weighted by molar-refractivity contribution is 7.90. The van der Waals surface area contributed by atoms with E-state index in [9.17, 15) is 13.2 Å². The maximum atomic E-state index is 13.2. The summed E-state index contributed by atoms with van der Waals surface area (Å²) < 4.78 is 24.7. The Hall–Kier alpha value is -2.19. The smallest absolute Gasteiger partial charge is 0.274 e. The third-order valence-electron chi connectivity index (χ3n) is 5.91. The number of sulfone groups is 1. The zero-order valence-corrected chi connectivity index (χ0v) is 17.9. The summed E-state index contributed by atoms with van der Waals surface area (Å²) in [6.45, 7) is 5.20. The summed E-state index contributed by atoms with van der Waals surface area (Å²) in [7, 11) is -2.97. The summed E-state index contributed by atoms with van der Waals surface area (Å²) in [6.07, 6.45) is 4.16. The number of nitrogens with zero attached hydrogens (tertiary/aromatic N) is 4. The number of piperazine rings is 1. The van der Waals surface area contributed by atoms with Crippen molar-refractivity contribution in [2.45, 2.75) is 26.2 Å². The van der Waals surface area contributed by atoms with Crippen LogP contribution in [0.1, 0.15) is 33.7 Å². The third kappa shape index (κ3) is 4.23. The molecule has 2 heterocycles. The van der Waals surface area contributed by atoms with Crippen LogP contribution < -0.4 is 0 Å². The van der Waals surface area contributed by atoms with E-state index in [0.717, 1.165) is 41.8 Å². The molecule has 1 amide bonds. The fraction of sp³-hybridized carbons (Fsp3) is 0.524. The van der Waals surface area contributed by atoms with Crippen LogP contribution in [0.3, 0.4) is 0 Å². The van der Waals surface area contributed by atoms with Gasteiger partial charge in [0.05, 0.1) is 11.4 Å². The molecule has 0 radical (unpaired) electrons. The highest BCUT2D eigenvalue weighted by atomic mass is 32.2. The Morgan fingerprint density at radius 3 is 2.52 bits per heavy atom. The molecule has 2 aromatic rings. The Morgan fingerprint density at radius 1 is 1.10 bits per heavy atom. The molecule has 29 heavy (non-hydrogen) atoms. The lowest BCUT2D eigenvalue weighted by Gasteiger charge is -2.34. The lowest BCUT2D eigenvalue weighted by Crippen LogP contribution is -2.49. The second-order valence-electron chi connectivity index (χ2n) is 8.09. The number of fused-ring (bicyclic) bond motifs is 1. The van der Waals surface area contributed by atoms with Crippen LogP contribution in [0.25, 0.3) is 5.69 Å². The fourth-order valence-corrected chi connectivity index (χ4v) is 4.82. The van der Waals surface area contributed by atoms with Gasteiger partial charge in [-0.25, -0.2) is 13.1 Å². The molecule has 4 rings (SSSR count). The minimum absolute atomic E-state index is 0.00162. The molecular formula is C21H28N4O3S. The molecule has 1 aromatic heterocycles. The van der Waals surface area contributed by atoms with Crippen LogP contribution in [0.15, 0.2) is 24.3 Å². The predicted molar refractivity (Wildman–Crippen MR) is 112 cm³/mol. The van der Waals surface area contributed by atoms with Gasteiger partial charge in [0.25, 0.3) is 5.91 Å². The van der Waals surface area contributed by atoms with Gasteiger partial charge in [0.15, 0.2) is 5.69 Å². The molecule has 0 bridgehead atoms. The number of amides is 1. The number of hydrogen-bond donors (Lipinski definition) is 0. The van der Waals surface area contributed by atoms with Gasteiger partial charge in [0.1, 0.15) is 9.84 Å².